The summed E-state index contributed by atoms with van der Waals surface area (Å²) in [7, 11) is 0. The van der Waals surface area contributed by atoms with Crippen molar-refractivity contribution in [2.75, 3.05) is 0 Å². The second-order valence-corrected chi connectivity index (χ2v) is 9.71. The molecule has 4 rings (SSSR count). The van der Waals surface area contributed by atoms with Gasteiger partial charge in [0.1, 0.15) is 0 Å². The topological polar surface area (TPSA) is 40.5 Å². The van der Waals surface area contributed by atoms with Crippen LogP contribution in [0, 0.1) is 34.5 Å². The molecule has 4 fully saturated rings. The van der Waals surface area contributed by atoms with E-state index < -0.39 is 5.60 Å². The van der Waals surface area contributed by atoms with Crippen LogP contribution in [0.2, 0.25) is 0 Å². The largest absolute Gasteiger partial charge is 0.393 e. The fraction of sp³-hybridized carbons (Fsp3) is 0.905. The number of hydrogen-bond acceptors (Lipinski definition) is 2. The molecule has 0 saturated heterocycles. The maximum absolute atomic E-state index is 11.1. The molecular weight excluding hydrogens is 284 g/mol. The number of rotatable bonds is 1. The molecule has 0 aromatic rings. The molecule has 0 aromatic heterocycles. The Hall–Kier alpha value is -0.340. The SMILES string of the molecule is C=C[C@]1(O)CC[C@@H]2[C@@H]3CC[C@H]4C[C@H](O)CC[C@]4(C)[C@H]3CC[C@@]21C. The van der Waals surface area contributed by atoms with Gasteiger partial charge in [-0.05, 0) is 86.9 Å². The van der Waals surface area contributed by atoms with Crippen molar-refractivity contribution >= 4 is 0 Å². The molecular formula is C21H34O2. The van der Waals surface area contributed by atoms with Gasteiger partial charge in [0.25, 0.3) is 0 Å². The lowest BCUT2D eigenvalue weighted by Crippen LogP contribution is -2.56. The Kier molecular flexibility index (Phi) is 3.57. The van der Waals surface area contributed by atoms with Gasteiger partial charge in [-0.1, -0.05) is 19.9 Å². The molecule has 4 aliphatic carbocycles. The summed E-state index contributed by atoms with van der Waals surface area (Å²) >= 11 is 0. The number of aliphatic hydroxyl groups excluding tert-OH is 1. The summed E-state index contributed by atoms with van der Waals surface area (Å²) in [6.45, 7) is 8.82. The minimum atomic E-state index is -0.650. The van der Waals surface area contributed by atoms with E-state index in [1.165, 1.54) is 32.1 Å². The third-order valence-corrected chi connectivity index (χ3v) is 9.19. The first-order chi connectivity index (χ1) is 10.8. The highest BCUT2D eigenvalue weighted by Gasteiger charge is 2.63. The molecule has 23 heavy (non-hydrogen) atoms. The minimum absolute atomic E-state index is 0.0350. The van der Waals surface area contributed by atoms with Gasteiger partial charge >= 0.3 is 0 Å². The van der Waals surface area contributed by atoms with Crippen LogP contribution in [0.3, 0.4) is 0 Å². The molecule has 0 bridgehead atoms. The average Bonchev–Trinajstić information content (AvgIpc) is 2.80. The van der Waals surface area contributed by atoms with Gasteiger partial charge in [0.15, 0.2) is 0 Å². The average molecular weight is 319 g/mol. The van der Waals surface area contributed by atoms with Crippen molar-refractivity contribution in [1.29, 1.82) is 0 Å². The first-order valence-electron chi connectivity index (χ1n) is 9.88. The van der Waals surface area contributed by atoms with Crippen LogP contribution in [-0.2, 0) is 0 Å². The quantitative estimate of drug-likeness (QED) is 0.707. The third-order valence-electron chi connectivity index (χ3n) is 9.19. The summed E-state index contributed by atoms with van der Waals surface area (Å²) in [5.41, 5.74) is -0.186. The van der Waals surface area contributed by atoms with Crippen LogP contribution in [0.25, 0.3) is 0 Å². The van der Waals surface area contributed by atoms with Gasteiger partial charge in [0.2, 0.25) is 0 Å². The second kappa shape index (κ2) is 5.08. The van der Waals surface area contributed by atoms with Gasteiger partial charge in [-0.2, -0.15) is 0 Å². The van der Waals surface area contributed by atoms with Crippen LogP contribution in [0.1, 0.15) is 71.6 Å². The Labute approximate surface area is 141 Å². The Bertz CT molecular complexity index is 502. The van der Waals surface area contributed by atoms with Crippen LogP contribution in [0.5, 0.6) is 0 Å². The maximum atomic E-state index is 11.1. The highest BCUT2D eigenvalue weighted by molar-refractivity contribution is 5.18. The monoisotopic (exact) mass is 318 g/mol. The summed E-state index contributed by atoms with van der Waals surface area (Å²) in [5, 5.41) is 21.2. The summed E-state index contributed by atoms with van der Waals surface area (Å²) in [6.07, 6.45) is 12.1. The van der Waals surface area contributed by atoms with Crippen LogP contribution in [0.15, 0.2) is 12.7 Å². The molecule has 0 unspecified atom stereocenters. The zero-order valence-corrected chi connectivity index (χ0v) is 14.9. The summed E-state index contributed by atoms with van der Waals surface area (Å²) < 4.78 is 0. The zero-order chi connectivity index (χ0) is 16.5. The molecule has 8 atom stereocenters. The van der Waals surface area contributed by atoms with Gasteiger partial charge in [-0.15, -0.1) is 6.58 Å². The Morgan fingerprint density at radius 2 is 1.70 bits per heavy atom. The van der Waals surface area contributed by atoms with Crippen molar-refractivity contribution in [3.8, 4) is 0 Å². The van der Waals surface area contributed by atoms with Crippen molar-refractivity contribution in [2.24, 2.45) is 34.5 Å². The van der Waals surface area contributed by atoms with Crippen molar-refractivity contribution < 1.29 is 10.2 Å². The van der Waals surface area contributed by atoms with E-state index in [4.69, 9.17) is 0 Å². The van der Waals surface area contributed by atoms with Gasteiger partial charge in [0, 0.05) is 5.41 Å². The lowest BCUT2D eigenvalue weighted by atomic mass is 9.44. The Balaban J connectivity index is 1.64. The molecule has 0 radical (unpaired) electrons. The third kappa shape index (κ3) is 2.00. The number of aliphatic hydroxyl groups is 2. The molecule has 2 heteroatoms. The predicted octanol–water partition coefficient (Wildman–Crippen LogP) is 4.31. The molecule has 0 heterocycles. The van der Waals surface area contributed by atoms with Crippen LogP contribution < -0.4 is 0 Å². The normalized spacial score (nSPS) is 58.9. The summed E-state index contributed by atoms with van der Waals surface area (Å²) in [4.78, 5) is 0. The highest BCUT2D eigenvalue weighted by atomic mass is 16.3. The minimum Gasteiger partial charge on any atom is -0.393 e. The molecule has 0 amide bonds. The molecule has 4 saturated carbocycles. The highest BCUT2D eigenvalue weighted by Crippen LogP contribution is 2.68. The van der Waals surface area contributed by atoms with Crippen molar-refractivity contribution in [2.45, 2.75) is 83.3 Å². The fourth-order valence-corrected chi connectivity index (χ4v) is 7.62. The Morgan fingerprint density at radius 3 is 2.43 bits per heavy atom. The molecule has 0 spiro atoms. The number of fused-ring (bicyclic) bond motifs is 5. The van der Waals surface area contributed by atoms with Crippen molar-refractivity contribution in [3.05, 3.63) is 12.7 Å². The van der Waals surface area contributed by atoms with E-state index in [2.05, 4.69) is 20.4 Å². The summed E-state index contributed by atoms with van der Waals surface area (Å²) in [5.74, 6) is 2.96. The first kappa shape index (κ1) is 16.1. The fourth-order valence-electron chi connectivity index (χ4n) is 7.62. The van der Waals surface area contributed by atoms with E-state index in [0.717, 1.165) is 43.4 Å². The van der Waals surface area contributed by atoms with E-state index in [0.29, 0.717) is 11.3 Å². The molecule has 130 valence electrons. The van der Waals surface area contributed by atoms with E-state index in [-0.39, 0.29) is 11.5 Å². The zero-order valence-electron chi connectivity index (χ0n) is 14.9. The smallest absolute Gasteiger partial charge is 0.0881 e. The summed E-state index contributed by atoms with van der Waals surface area (Å²) in [6, 6.07) is 0. The van der Waals surface area contributed by atoms with E-state index in [1.807, 2.05) is 6.08 Å². The van der Waals surface area contributed by atoms with E-state index >= 15 is 0 Å². The standard InChI is InChI=1S/C21H34O2/c1-4-21(23)12-9-18-16-6-5-14-13-15(22)7-10-19(14,2)17(16)8-11-20(18,21)3/h4,14-18,22-23H,1,5-13H2,2-3H3/t14-,15+,16+,17-,18+,19-,20-,21-/m0/s1. The molecule has 0 aromatic carbocycles. The first-order valence-corrected chi connectivity index (χ1v) is 9.88. The van der Waals surface area contributed by atoms with Crippen LogP contribution in [-0.4, -0.2) is 21.9 Å². The molecule has 4 aliphatic rings. The maximum Gasteiger partial charge on any atom is 0.0881 e. The molecule has 2 N–H and O–H groups in total. The van der Waals surface area contributed by atoms with Gasteiger partial charge in [-0.25, -0.2) is 0 Å². The molecule has 2 nitrogen and oxygen atoms in total. The van der Waals surface area contributed by atoms with E-state index in [1.54, 1.807) is 0 Å². The lowest BCUT2D eigenvalue weighted by Gasteiger charge is -2.61. The number of hydrogen-bond donors (Lipinski definition) is 2. The van der Waals surface area contributed by atoms with Crippen molar-refractivity contribution in [3.63, 3.8) is 0 Å². The van der Waals surface area contributed by atoms with Crippen molar-refractivity contribution in [1.82, 2.24) is 0 Å². The van der Waals surface area contributed by atoms with Gasteiger partial charge in [0.05, 0.1) is 11.7 Å². The second-order valence-electron chi connectivity index (χ2n) is 9.71. The van der Waals surface area contributed by atoms with Gasteiger partial charge in [-0.3, -0.25) is 0 Å². The van der Waals surface area contributed by atoms with E-state index in [9.17, 15) is 10.2 Å². The van der Waals surface area contributed by atoms with Crippen LogP contribution >= 0.6 is 0 Å². The predicted molar refractivity (Wildman–Crippen MR) is 92.9 cm³/mol. The Morgan fingerprint density at radius 1 is 0.957 bits per heavy atom. The lowest BCUT2D eigenvalue weighted by molar-refractivity contribution is -0.146. The van der Waals surface area contributed by atoms with Crippen LogP contribution in [0.4, 0.5) is 0 Å². The van der Waals surface area contributed by atoms with Gasteiger partial charge < -0.3 is 10.2 Å². The molecule has 0 aliphatic heterocycles.